The number of piperazine rings is 1. The highest BCUT2D eigenvalue weighted by atomic mass is 16.5. The van der Waals surface area contributed by atoms with Gasteiger partial charge in [-0.15, -0.1) is 0 Å². The van der Waals surface area contributed by atoms with Crippen molar-refractivity contribution in [1.82, 2.24) is 24.9 Å². The lowest BCUT2D eigenvalue weighted by atomic mass is 10.2. The molecule has 3 rings (SSSR count). The average Bonchev–Trinajstić information content (AvgIpc) is 3.00. The molecule has 0 aliphatic carbocycles. The number of hydrogen-bond donors (Lipinski definition) is 0. The van der Waals surface area contributed by atoms with Crippen molar-refractivity contribution in [3.05, 3.63) is 41.8 Å². The normalized spacial score (nSPS) is 18.5. The quantitative estimate of drug-likeness (QED) is 0.837. The first-order chi connectivity index (χ1) is 10.7. The second-order valence-corrected chi connectivity index (χ2v) is 5.80. The molecule has 1 aliphatic heterocycles. The van der Waals surface area contributed by atoms with Crippen LogP contribution in [0.2, 0.25) is 0 Å². The largest absolute Gasteiger partial charge is 0.338 e. The predicted molar refractivity (Wildman–Crippen MR) is 83.4 cm³/mol. The molecular weight excluding hydrogens is 278 g/mol. The fraction of sp³-hybridized carbons (Fsp3) is 0.562. The highest BCUT2D eigenvalue weighted by molar-refractivity contribution is 5.04. The van der Waals surface area contributed by atoms with Crippen LogP contribution in [0.5, 0.6) is 0 Å². The number of rotatable bonds is 5. The van der Waals surface area contributed by atoms with Crippen LogP contribution < -0.4 is 0 Å². The van der Waals surface area contributed by atoms with E-state index in [4.69, 9.17) is 4.52 Å². The fourth-order valence-corrected chi connectivity index (χ4v) is 2.83. The Labute approximate surface area is 131 Å². The van der Waals surface area contributed by atoms with Gasteiger partial charge in [-0.1, -0.05) is 11.2 Å². The summed E-state index contributed by atoms with van der Waals surface area (Å²) in [6.45, 7) is 9.27. The number of nitrogens with zero attached hydrogens (tertiary/aromatic N) is 5. The van der Waals surface area contributed by atoms with Crippen LogP contribution in [0.3, 0.4) is 0 Å². The molecule has 0 bridgehead atoms. The lowest BCUT2D eigenvalue weighted by molar-refractivity contribution is 0.0889. The van der Waals surface area contributed by atoms with Gasteiger partial charge in [0.05, 0.1) is 6.04 Å². The molecule has 0 saturated carbocycles. The lowest BCUT2D eigenvalue weighted by Gasteiger charge is -2.36. The van der Waals surface area contributed by atoms with Gasteiger partial charge in [-0.2, -0.15) is 4.98 Å². The number of aromatic nitrogens is 3. The number of pyridine rings is 1. The van der Waals surface area contributed by atoms with E-state index in [2.05, 4.69) is 37.9 Å². The van der Waals surface area contributed by atoms with Gasteiger partial charge in [-0.25, -0.2) is 0 Å². The van der Waals surface area contributed by atoms with Crippen LogP contribution in [0.1, 0.15) is 30.4 Å². The second kappa shape index (κ2) is 6.98. The van der Waals surface area contributed by atoms with Gasteiger partial charge in [0.2, 0.25) is 5.89 Å². The summed E-state index contributed by atoms with van der Waals surface area (Å²) in [5.74, 6) is 1.43. The third kappa shape index (κ3) is 3.69. The maximum atomic E-state index is 5.29. The molecular formula is C16H23N5O. The molecule has 1 fully saturated rings. The van der Waals surface area contributed by atoms with Crippen LogP contribution in [0.15, 0.2) is 28.9 Å². The first kappa shape index (κ1) is 15.1. The second-order valence-electron chi connectivity index (χ2n) is 5.80. The summed E-state index contributed by atoms with van der Waals surface area (Å²) < 4.78 is 5.29. The van der Waals surface area contributed by atoms with Crippen LogP contribution in [0.4, 0.5) is 0 Å². The molecule has 22 heavy (non-hydrogen) atoms. The van der Waals surface area contributed by atoms with Crippen molar-refractivity contribution in [2.75, 3.05) is 32.7 Å². The van der Waals surface area contributed by atoms with Crippen LogP contribution in [-0.4, -0.2) is 57.6 Å². The summed E-state index contributed by atoms with van der Waals surface area (Å²) >= 11 is 0. The highest BCUT2D eigenvalue weighted by Gasteiger charge is 2.25. The molecule has 3 heterocycles. The Balaban J connectivity index is 1.46. The van der Waals surface area contributed by atoms with Gasteiger partial charge in [0.25, 0.3) is 0 Å². The van der Waals surface area contributed by atoms with E-state index in [1.54, 1.807) is 0 Å². The van der Waals surface area contributed by atoms with Crippen LogP contribution >= 0.6 is 0 Å². The van der Waals surface area contributed by atoms with Crippen molar-refractivity contribution in [2.24, 2.45) is 0 Å². The fourth-order valence-electron chi connectivity index (χ4n) is 2.83. The Kier molecular flexibility index (Phi) is 4.80. The maximum Gasteiger partial charge on any atom is 0.243 e. The molecule has 0 radical (unpaired) electrons. The summed E-state index contributed by atoms with van der Waals surface area (Å²) in [7, 11) is 0. The van der Waals surface area contributed by atoms with E-state index in [0.29, 0.717) is 5.82 Å². The highest BCUT2D eigenvalue weighted by Crippen LogP contribution is 2.19. The molecule has 0 N–H and O–H groups in total. The van der Waals surface area contributed by atoms with E-state index in [9.17, 15) is 0 Å². The minimum Gasteiger partial charge on any atom is -0.338 e. The monoisotopic (exact) mass is 301 g/mol. The van der Waals surface area contributed by atoms with Gasteiger partial charge in [-0.3, -0.25) is 9.88 Å². The topological polar surface area (TPSA) is 58.3 Å². The zero-order chi connectivity index (χ0) is 15.4. The van der Waals surface area contributed by atoms with Crippen molar-refractivity contribution in [2.45, 2.75) is 26.3 Å². The number of hydrogen-bond acceptors (Lipinski definition) is 6. The van der Waals surface area contributed by atoms with Gasteiger partial charge >= 0.3 is 0 Å². The van der Waals surface area contributed by atoms with Crippen molar-refractivity contribution in [1.29, 1.82) is 0 Å². The first-order valence-electron chi connectivity index (χ1n) is 7.89. The molecule has 0 spiro atoms. The molecule has 118 valence electrons. The minimum atomic E-state index is 0.194. The molecule has 0 amide bonds. The zero-order valence-corrected chi connectivity index (χ0v) is 13.3. The number of aryl methyl sites for hydroxylation is 1. The van der Waals surface area contributed by atoms with Crippen molar-refractivity contribution in [3.8, 4) is 0 Å². The van der Waals surface area contributed by atoms with Gasteiger partial charge in [0.1, 0.15) is 0 Å². The minimum absolute atomic E-state index is 0.194. The summed E-state index contributed by atoms with van der Waals surface area (Å²) in [6.07, 6.45) is 2.88. The Morgan fingerprint density at radius 2 is 2.05 bits per heavy atom. The molecule has 0 aromatic carbocycles. The Morgan fingerprint density at radius 1 is 1.23 bits per heavy atom. The molecule has 1 saturated heterocycles. The van der Waals surface area contributed by atoms with Gasteiger partial charge in [-0.05, 0) is 26.0 Å². The maximum absolute atomic E-state index is 5.29. The Bertz CT molecular complexity index is 577. The lowest BCUT2D eigenvalue weighted by Crippen LogP contribution is -2.47. The van der Waals surface area contributed by atoms with E-state index < -0.39 is 0 Å². The molecule has 1 aliphatic rings. The summed E-state index contributed by atoms with van der Waals surface area (Å²) in [4.78, 5) is 13.6. The van der Waals surface area contributed by atoms with Crippen molar-refractivity contribution < 1.29 is 4.52 Å². The zero-order valence-electron chi connectivity index (χ0n) is 13.3. The predicted octanol–water partition coefficient (Wildman–Crippen LogP) is 1.69. The van der Waals surface area contributed by atoms with Gasteiger partial charge < -0.3 is 9.42 Å². The van der Waals surface area contributed by atoms with Crippen molar-refractivity contribution in [3.63, 3.8) is 0 Å². The molecule has 1 atom stereocenters. The molecule has 6 heteroatoms. The summed E-state index contributed by atoms with van der Waals surface area (Å²) in [6, 6.07) is 6.30. The summed E-state index contributed by atoms with van der Waals surface area (Å²) in [5, 5.41) is 3.88. The average molecular weight is 301 g/mol. The third-order valence-corrected chi connectivity index (χ3v) is 4.27. The van der Waals surface area contributed by atoms with Gasteiger partial charge in [0, 0.05) is 51.0 Å². The Morgan fingerprint density at radius 3 is 2.68 bits per heavy atom. The van der Waals surface area contributed by atoms with E-state index in [-0.39, 0.29) is 6.04 Å². The van der Waals surface area contributed by atoms with Gasteiger partial charge in [0.15, 0.2) is 5.82 Å². The van der Waals surface area contributed by atoms with Crippen LogP contribution in [-0.2, 0) is 6.42 Å². The molecule has 6 nitrogen and oxygen atoms in total. The first-order valence-corrected chi connectivity index (χ1v) is 7.89. The standard InChI is InChI=1S/C16H23N5O/c1-13(16-18-14(2)19-22-16)21-11-9-20(10-12-21)8-6-15-5-3-4-7-17-15/h3-5,7,13H,6,8-12H2,1-2H3/t13-/m1/s1. The summed E-state index contributed by atoms with van der Waals surface area (Å²) in [5.41, 5.74) is 1.17. The SMILES string of the molecule is Cc1noc([C@@H](C)N2CCN(CCc3ccccn3)CC2)n1. The molecule has 2 aromatic heterocycles. The van der Waals surface area contributed by atoms with E-state index in [1.807, 2.05) is 25.3 Å². The van der Waals surface area contributed by atoms with Crippen molar-refractivity contribution >= 4 is 0 Å². The smallest absolute Gasteiger partial charge is 0.243 e. The van der Waals surface area contributed by atoms with E-state index in [0.717, 1.165) is 45.0 Å². The van der Waals surface area contributed by atoms with Crippen LogP contribution in [0.25, 0.3) is 0 Å². The third-order valence-electron chi connectivity index (χ3n) is 4.27. The van der Waals surface area contributed by atoms with Crippen LogP contribution in [0, 0.1) is 6.92 Å². The molecule has 2 aromatic rings. The van der Waals surface area contributed by atoms with E-state index >= 15 is 0 Å². The van der Waals surface area contributed by atoms with E-state index in [1.165, 1.54) is 5.69 Å². The Hall–Kier alpha value is -1.79. The molecule has 0 unspecified atom stereocenters.